The molecule has 98 valence electrons. The first kappa shape index (κ1) is 13.0. The number of amides is 1. The molecule has 2 atom stereocenters. The number of carbonyl (C=O) groups excluding carboxylic acids is 1. The van der Waals surface area contributed by atoms with Crippen LogP contribution in [0.4, 0.5) is 8.78 Å². The van der Waals surface area contributed by atoms with Crippen LogP contribution in [0.1, 0.15) is 23.7 Å². The molecule has 1 aliphatic heterocycles. The molecule has 3 nitrogen and oxygen atoms in total. The monoisotopic (exact) mass is 254 g/mol. The third kappa shape index (κ3) is 2.85. The quantitative estimate of drug-likeness (QED) is 0.843. The van der Waals surface area contributed by atoms with Crippen LogP contribution in [0.25, 0.3) is 0 Å². The molecule has 2 N–H and O–H groups in total. The first-order chi connectivity index (χ1) is 8.58. The molecule has 0 spiro atoms. The highest BCUT2D eigenvalue weighted by atomic mass is 19.1. The van der Waals surface area contributed by atoms with Crippen LogP contribution in [0.3, 0.4) is 0 Å². The van der Waals surface area contributed by atoms with E-state index in [-0.39, 0.29) is 17.5 Å². The molecule has 0 bridgehead atoms. The molecule has 2 rings (SSSR count). The summed E-state index contributed by atoms with van der Waals surface area (Å²) in [5, 5.41) is 5.98. The summed E-state index contributed by atoms with van der Waals surface area (Å²) in [6.07, 6.45) is 0.795. The Bertz CT molecular complexity index is 451. The van der Waals surface area contributed by atoms with Crippen molar-refractivity contribution in [2.24, 2.45) is 5.92 Å². The molecule has 1 aliphatic rings. The minimum Gasteiger partial charge on any atom is -0.349 e. The maximum atomic E-state index is 13.4. The van der Waals surface area contributed by atoms with Crippen molar-refractivity contribution in [2.75, 3.05) is 13.1 Å². The second-order valence-electron chi connectivity index (χ2n) is 4.67. The first-order valence-electron chi connectivity index (χ1n) is 6.04. The lowest BCUT2D eigenvalue weighted by Crippen LogP contribution is -2.48. The Morgan fingerprint density at radius 3 is 2.94 bits per heavy atom. The second kappa shape index (κ2) is 5.44. The second-order valence-corrected chi connectivity index (χ2v) is 4.67. The molecule has 1 heterocycles. The Labute approximate surface area is 105 Å². The van der Waals surface area contributed by atoms with Crippen molar-refractivity contribution in [1.82, 2.24) is 10.6 Å². The summed E-state index contributed by atoms with van der Waals surface area (Å²) >= 11 is 0. The van der Waals surface area contributed by atoms with Crippen LogP contribution < -0.4 is 10.6 Å². The lowest BCUT2D eigenvalue weighted by molar-refractivity contribution is 0.0909. The van der Waals surface area contributed by atoms with Crippen LogP contribution in [0.2, 0.25) is 0 Å². The van der Waals surface area contributed by atoms with Crippen molar-refractivity contribution in [2.45, 2.75) is 19.4 Å². The molecule has 1 saturated heterocycles. The average Bonchev–Trinajstić information content (AvgIpc) is 2.35. The third-order valence-corrected chi connectivity index (χ3v) is 3.27. The minimum absolute atomic E-state index is 0.00131. The van der Waals surface area contributed by atoms with Gasteiger partial charge < -0.3 is 10.6 Å². The smallest absolute Gasteiger partial charge is 0.254 e. The van der Waals surface area contributed by atoms with E-state index >= 15 is 0 Å². The Morgan fingerprint density at radius 2 is 2.22 bits per heavy atom. The molecule has 1 aromatic rings. The number of hydrogen-bond donors (Lipinski definition) is 2. The Hall–Kier alpha value is -1.49. The van der Waals surface area contributed by atoms with Crippen molar-refractivity contribution in [3.63, 3.8) is 0 Å². The Balaban J connectivity index is 2.09. The maximum absolute atomic E-state index is 13.4. The third-order valence-electron chi connectivity index (χ3n) is 3.27. The molecule has 5 heteroatoms. The Morgan fingerprint density at radius 1 is 1.44 bits per heavy atom. The average molecular weight is 254 g/mol. The molecule has 0 aliphatic carbocycles. The number of rotatable bonds is 2. The topological polar surface area (TPSA) is 41.1 Å². The summed E-state index contributed by atoms with van der Waals surface area (Å²) in [6, 6.07) is 2.90. The molecule has 1 fully saturated rings. The highest BCUT2D eigenvalue weighted by Gasteiger charge is 2.24. The highest BCUT2D eigenvalue weighted by molar-refractivity contribution is 5.94. The van der Waals surface area contributed by atoms with Crippen molar-refractivity contribution in [1.29, 1.82) is 0 Å². The van der Waals surface area contributed by atoms with Crippen LogP contribution in [0, 0.1) is 17.6 Å². The SMILES string of the molecule is C[C@H]1CNCC[C@H]1NC(=O)c1cc(F)ccc1F. The lowest BCUT2D eigenvalue weighted by Gasteiger charge is -2.30. The fourth-order valence-electron chi connectivity index (χ4n) is 2.15. The van der Waals surface area contributed by atoms with E-state index in [1.54, 1.807) is 0 Å². The standard InChI is InChI=1S/C13H16F2N2O/c1-8-7-16-5-4-12(8)17-13(18)10-6-9(14)2-3-11(10)15/h2-3,6,8,12,16H,4-5,7H2,1H3,(H,17,18)/t8-,12+/m0/s1. The van der Waals surface area contributed by atoms with Gasteiger partial charge in [-0.05, 0) is 43.6 Å². The number of hydrogen-bond acceptors (Lipinski definition) is 2. The summed E-state index contributed by atoms with van der Waals surface area (Å²) in [5.41, 5.74) is -0.235. The normalized spacial score (nSPS) is 23.7. The van der Waals surface area contributed by atoms with Gasteiger partial charge in [-0.25, -0.2) is 8.78 Å². The van der Waals surface area contributed by atoms with Crippen LogP contribution >= 0.6 is 0 Å². The largest absolute Gasteiger partial charge is 0.349 e. The van der Waals surface area contributed by atoms with E-state index in [9.17, 15) is 13.6 Å². The first-order valence-corrected chi connectivity index (χ1v) is 6.04. The highest BCUT2D eigenvalue weighted by Crippen LogP contribution is 2.14. The zero-order chi connectivity index (χ0) is 13.1. The van der Waals surface area contributed by atoms with Crippen LogP contribution in [-0.2, 0) is 0 Å². The van der Waals surface area contributed by atoms with Crippen molar-refractivity contribution < 1.29 is 13.6 Å². The number of benzene rings is 1. The number of nitrogens with one attached hydrogen (secondary N) is 2. The van der Waals surface area contributed by atoms with Gasteiger partial charge in [0.1, 0.15) is 11.6 Å². The molecular weight excluding hydrogens is 238 g/mol. The molecule has 0 unspecified atom stereocenters. The molecule has 1 aromatic carbocycles. The van der Waals surface area contributed by atoms with E-state index in [1.165, 1.54) is 0 Å². The van der Waals surface area contributed by atoms with Crippen molar-refractivity contribution in [3.8, 4) is 0 Å². The number of halogens is 2. The van der Waals surface area contributed by atoms with E-state index in [1.807, 2.05) is 6.92 Å². The zero-order valence-electron chi connectivity index (χ0n) is 10.2. The number of piperidine rings is 1. The van der Waals surface area contributed by atoms with Crippen molar-refractivity contribution >= 4 is 5.91 Å². The lowest BCUT2D eigenvalue weighted by atomic mass is 9.95. The van der Waals surface area contributed by atoms with Gasteiger partial charge in [0, 0.05) is 6.04 Å². The van der Waals surface area contributed by atoms with Gasteiger partial charge in [0.05, 0.1) is 5.56 Å². The van der Waals surface area contributed by atoms with Crippen molar-refractivity contribution in [3.05, 3.63) is 35.4 Å². The zero-order valence-corrected chi connectivity index (χ0v) is 10.2. The maximum Gasteiger partial charge on any atom is 0.254 e. The fraction of sp³-hybridized carbons (Fsp3) is 0.462. The molecule has 0 aromatic heterocycles. The van der Waals surface area contributed by atoms with Gasteiger partial charge in [0.15, 0.2) is 0 Å². The Kier molecular flexibility index (Phi) is 3.91. The van der Waals surface area contributed by atoms with Gasteiger partial charge in [-0.2, -0.15) is 0 Å². The molecule has 0 saturated carbocycles. The van der Waals surface area contributed by atoms with Gasteiger partial charge in [-0.3, -0.25) is 4.79 Å². The van der Waals surface area contributed by atoms with E-state index in [0.29, 0.717) is 0 Å². The van der Waals surface area contributed by atoms with Gasteiger partial charge >= 0.3 is 0 Å². The van der Waals surface area contributed by atoms with Gasteiger partial charge in [0.2, 0.25) is 0 Å². The van der Waals surface area contributed by atoms with Crippen LogP contribution in [0.5, 0.6) is 0 Å². The molecule has 1 amide bonds. The van der Waals surface area contributed by atoms with E-state index in [4.69, 9.17) is 0 Å². The predicted octanol–water partition coefficient (Wildman–Crippen LogP) is 1.69. The van der Waals surface area contributed by atoms with Gasteiger partial charge in [-0.1, -0.05) is 6.92 Å². The molecular formula is C13H16F2N2O. The molecule has 18 heavy (non-hydrogen) atoms. The van der Waals surface area contributed by atoms with E-state index in [2.05, 4.69) is 10.6 Å². The summed E-state index contributed by atoms with van der Waals surface area (Å²) in [7, 11) is 0. The number of carbonyl (C=O) groups is 1. The van der Waals surface area contributed by atoms with Gasteiger partial charge in [0.25, 0.3) is 5.91 Å². The van der Waals surface area contributed by atoms with Crippen LogP contribution in [-0.4, -0.2) is 25.0 Å². The predicted molar refractivity (Wildman–Crippen MR) is 64.3 cm³/mol. The fourth-order valence-corrected chi connectivity index (χ4v) is 2.15. The van der Waals surface area contributed by atoms with E-state index < -0.39 is 17.5 Å². The summed E-state index contributed by atoms with van der Waals surface area (Å²) in [6.45, 7) is 3.65. The van der Waals surface area contributed by atoms with Gasteiger partial charge in [-0.15, -0.1) is 0 Å². The van der Waals surface area contributed by atoms with E-state index in [0.717, 1.165) is 37.7 Å². The van der Waals surface area contributed by atoms with Crippen LogP contribution in [0.15, 0.2) is 18.2 Å². The summed E-state index contributed by atoms with van der Waals surface area (Å²) < 4.78 is 26.4. The summed E-state index contributed by atoms with van der Waals surface area (Å²) in [5.74, 6) is -1.58. The minimum atomic E-state index is -0.699. The summed E-state index contributed by atoms with van der Waals surface area (Å²) in [4.78, 5) is 11.9. The molecule has 0 radical (unpaired) electrons.